The maximum absolute atomic E-state index is 9.74. The van der Waals surface area contributed by atoms with E-state index in [0.29, 0.717) is 0 Å². The van der Waals surface area contributed by atoms with Crippen LogP contribution in [-0.2, 0) is 4.52 Å². The van der Waals surface area contributed by atoms with E-state index in [1.807, 2.05) is 13.8 Å². The fourth-order valence-electron chi connectivity index (χ4n) is 3.37. The predicted octanol–water partition coefficient (Wildman–Crippen LogP) is 8.45. The zero-order chi connectivity index (χ0) is 20.2. The van der Waals surface area contributed by atoms with E-state index in [4.69, 9.17) is 4.52 Å². The monoisotopic (exact) mass is 402 g/mol. The number of unbranched alkanes of at least 4 members (excludes halogenated alkanes) is 15. The first-order chi connectivity index (χ1) is 13.0. The minimum absolute atomic E-state index is 0.348. The van der Waals surface area contributed by atoms with Crippen LogP contribution in [0.15, 0.2) is 0 Å². The van der Waals surface area contributed by atoms with Crippen molar-refractivity contribution in [2.45, 2.75) is 136 Å². The molecule has 0 amide bonds. The van der Waals surface area contributed by atoms with E-state index in [9.17, 15) is 5.11 Å². The highest BCUT2D eigenvalue weighted by molar-refractivity contribution is 7.51. The predicted molar refractivity (Wildman–Crippen MR) is 124 cm³/mol. The molecule has 0 aliphatic rings. The van der Waals surface area contributed by atoms with Gasteiger partial charge in [-0.3, -0.25) is 0 Å². The normalized spacial score (nSPS) is 13.2. The molecule has 3 heteroatoms. The molecule has 0 bridgehead atoms. The second-order valence-electron chi connectivity index (χ2n) is 9.05. The fraction of sp³-hybridized carbons (Fsp3) is 1.00. The van der Waals surface area contributed by atoms with Crippen LogP contribution in [0.4, 0.5) is 0 Å². The first kappa shape index (κ1) is 27.4. The van der Waals surface area contributed by atoms with E-state index < -0.39 is 5.60 Å². The molecule has 0 aliphatic heterocycles. The van der Waals surface area contributed by atoms with Crippen molar-refractivity contribution in [3.05, 3.63) is 0 Å². The Morgan fingerprint density at radius 1 is 0.667 bits per heavy atom. The summed E-state index contributed by atoms with van der Waals surface area (Å²) < 4.78 is 5.91. The van der Waals surface area contributed by atoms with Gasteiger partial charge in [-0.2, -0.15) is 0 Å². The van der Waals surface area contributed by atoms with Crippen molar-refractivity contribution >= 4 is 8.15 Å². The Bertz CT molecular complexity index is 289. The van der Waals surface area contributed by atoms with Crippen molar-refractivity contribution in [1.29, 1.82) is 0 Å². The molecule has 0 aromatic heterocycles. The molecule has 0 spiro atoms. The minimum atomic E-state index is -0.547. The molecule has 0 aromatic carbocycles. The van der Waals surface area contributed by atoms with Crippen molar-refractivity contribution in [2.24, 2.45) is 0 Å². The van der Waals surface area contributed by atoms with Crippen LogP contribution in [0.1, 0.15) is 130 Å². The van der Waals surface area contributed by atoms with E-state index in [-0.39, 0.29) is 8.15 Å². The quantitative estimate of drug-likeness (QED) is 0.154. The summed E-state index contributed by atoms with van der Waals surface area (Å²) in [7, 11) is -0.348. The molecule has 0 aliphatic carbocycles. The van der Waals surface area contributed by atoms with Gasteiger partial charge in [0.2, 0.25) is 0 Å². The second-order valence-corrected chi connectivity index (χ2v) is 11.0. The highest BCUT2D eigenvalue weighted by Gasteiger charge is 2.14. The molecule has 0 radical (unpaired) electrons. The van der Waals surface area contributed by atoms with E-state index in [2.05, 4.69) is 13.6 Å². The number of hydrogen-bond donors (Lipinski definition) is 1. The number of aliphatic hydroxyl groups is 1. The summed E-state index contributed by atoms with van der Waals surface area (Å²) in [6.45, 7) is 9.15. The maximum Gasteiger partial charge on any atom is 0.0595 e. The Labute approximate surface area is 173 Å². The van der Waals surface area contributed by atoms with E-state index in [1.165, 1.54) is 103 Å². The van der Waals surface area contributed by atoms with Crippen LogP contribution in [0.2, 0.25) is 0 Å². The van der Waals surface area contributed by atoms with Gasteiger partial charge in [0.25, 0.3) is 0 Å². The molecule has 2 nitrogen and oxygen atoms in total. The molecule has 0 rings (SSSR count). The van der Waals surface area contributed by atoms with Crippen LogP contribution in [0, 0.1) is 0 Å². The lowest BCUT2D eigenvalue weighted by Gasteiger charge is -2.20. The highest BCUT2D eigenvalue weighted by atomic mass is 31.1. The summed E-state index contributed by atoms with van der Waals surface area (Å²) in [6, 6.07) is 0. The molecular weight excluding hydrogens is 351 g/mol. The van der Waals surface area contributed by atoms with Crippen molar-refractivity contribution in [3.63, 3.8) is 0 Å². The lowest BCUT2D eigenvalue weighted by molar-refractivity contribution is 0.0769. The zero-order valence-electron chi connectivity index (χ0n) is 19.2. The molecule has 0 fully saturated rings. The molecule has 1 N–H and O–H groups in total. The van der Waals surface area contributed by atoms with Gasteiger partial charge in [-0.15, -0.1) is 0 Å². The lowest BCUT2D eigenvalue weighted by Crippen LogP contribution is -2.19. The van der Waals surface area contributed by atoms with Gasteiger partial charge in [0, 0.05) is 8.15 Å². The smallest absolute Gasteiger partial charge is 0.0595 e. The summed E-state index contributed by atoms with van der Waals surface area (Å²) in [5.41, 5.74) is -0.547. The van der Waals surface area contributed by atoms with Gasteiger partial charge in [-0.05, 0) is 39.5 Å². The van der Waals surface area contributed by atoms with Crippen molar-refractivity contribution < 1.29 is 9.63 Å². The van der Waals surface area contributed by atoms with Gasteiger partial charge in [0.05, 0.1) is 12.2 Å². The first-order valence-electron chi connectivity index (χ1n) is 12.0. The third kappa shape index (κ3) is 24.3. The van der Waals surface area contributed by atoms with Gasteiger partial charge in [0.15, 0.2) is 0 Å². The molecule has 0 saturated heterocycles. The summed E-state index contributed by atoms with van der Waals surface area (Å²) in [5, 5.41) is 9.74. The fourth-order valence-corrected chi connectivity index (χ4v) is 4.80. The summed E-state index contributed by atoms with van der Waals surface area (Å²) >= 11 is 0. The molecule has 27 heavy (non-hydrogen) atoms. The van der Waals surface area contributed by atoms with Gasteiger partial charge in [-0.1, -0.05) is 103 Å². The number of hydrogen-bond acceptors (Lipinski definition) is 2. The Morgan fingerprint density at radius 3 is 1.41 bits per heavy atom. The maximum atomic E-state index is 9.74. The van der Waals surface area contributed by atoms with Crippen LogP contribution in [0.3, 0.4) is 0 Å². The van der Waals surface area contributed by atoms with Crippen LogP contribution >= 0.6 is 8.15 Å². The summed E-state index contributed by atoms with van der Waals surface area (Å²) in [6.07, 6.45) is 24.4. The first-order valence-corrected chi connectivity index (χ1v) is 13.9. The Morgan fingerprint density at radius 2 is 1.04 bits per heavy atom. The Hall–Kier alpha value is 0.350. The third-order valence-electron chi connectivity index (χ3n) is 5.35. The standard InChI is InChI=1S/C24H51O2P/c1-5-6-7-8-9-10-11-12-13-14-15-16-17-18-19-20-22-26-27(4)23-21-24(2,3)25/h25H,5-23H2,1-4H3. The largest absolute Gasteiger partial charge is 0.390 e. The molecule has 164 valence electrons. The van der Waals surface area contributed by atoms with Gasteiger partial charge in [-0.25, -0.2) is 0 Å². The highest BCUT2D eigenvalue weighted by Crippen LogP contribution is 2.34. The summed E-state index contributed by atoms with van der Waals surface area (Å²) in [5.74, 6) is 0. The SMILES string of the molecule is CCCCCCCCCCCCCCCCCCOP(C)CCC(C)(C)O. The average Bonchev–Trinajstić information content (AvgIpc) is 2.62. The Balaban J connectivity index is 3.13. The van der Waals surface area contributed by atoms with Crippen molar-refractivity contribution in [2.75, 3.05) is 19.4 Å². The zero-order valence-corrected chi connectivity index (χ0v) is 20.1. The third-order valence-corrected chi connectivity index (χ3v) is 6.82. The topological polar surface area (TPSA) is 29.5 Å². The minimum Gasteiger partial charge on any atom is -0.390 e. The molecule has 1 atom stereocenters. The van der Waals surface area contributed by atoms with Crippen molar-refractivity contribution in [1.82, 2.24) is 0 Å². The van der Waals surface area contributed by atoms with Crippen LogP contribution in [0.5, 0.6) is 0 Å². The van der Waals surface area contributed by atoms with Gasteiger partial charge >= 0.3 is 0 Å². The molecule has 0 aromatic rings. The van der Waals surface area contributed by atoms with Crippen LogP contribution in [0.25, 0.3) is 0 Å². The van der Waals surface area contributed by atoms with E-state index >= 15 is 0 Å². The van der Waals surface area contributed by atoms with Crippen LogP contribution < -0.4 is 0 Å². The second kappa shape index (κ2) is 19.7. The molecule has 0 heterocycles. The molecule has 1 unspecified atom stereocenters. The number of rotatable bonds is 21. The van der Waals surface area contributed by atoms with Gasteiger partial charge in [0.1, 0.15) is 0 Å². The Kier molecular flexibility index (Phi) is 19.9. The molecule has 0 saturated carbocycles. The van der Waals surface area contributed by atoms with Crippen molar-refractivity contribution in [3.8, 4) is 0 Å². The summed E-state index contributed by atoms with van der Waals surface area (Å²) in [4.78, 5) is 0. The molecular formula is C24H51O2P. The lowest BCUT2D eigenvalue weighted by atomic mass is 10.0. The van der Waals surface area contributed by atoms with Crippen LogP contribution in [-0.4, -0.2) is 30.1 Å². The van der Waals surface area contributed by atoms with Gasteiger partial charge < -0.3 is 9.63 Å². The van der Waals surface area contributed by atoms with E-state index in [0.717, 1.165) is 19.2 Å². The van der Waals surface area contributed by atoms with E-state index in [1.54, 1.807) is 0 Å². The average molecular weight is 403 g/mol.